The van der Waals surface area contributed by atoms with Gasteiger partial charge in [0.25, 0.3) is 0 Å². The van der Waals surface area contributed by atoms with Crippen molar-refractivity contribution in [3.63, 3.8) is 0 Å². The number of hydrogen-bond donors (Lipinski definition) is 1. The highest BCUT2D eigenvalue weighted by Crippen LogP contribution is 1.89. The zero-order valence-electron chi connectivity index (χ0n) is 4.27. The molecule has 0 saturated carbocycles. The maximum absolute atomic E-state index is 4.68. The summed E-state index contributed by atoms with van der Waals surface area (Å²) in [7, 11) is 1.62. The van der Waals surface area contributed by atoms with Gasteiger partial charge in [0.1, 0.15) is 0 Å². The normalized spacial score (nSPS) is 9.25. The maximum Gasteiger partial charge on any atom is 0.375 e. The van der Waals surface area contributed by atoms with Gasteiger partial charge in [-0.15, -0.1) is 0 Å². The van der Waals surface area contributed by atoms with Gasteiger partial charge in [-0.2, -0.15) is 10.7 Å². The minimum absolute atomic E-state index is 0.0764. The van der Waals surface area contributed by atoms with E-state index in [2.05, 4.69) is 26.1 Å². The van der Waals surface area contributed by atoms with Crippen LogP contribution in [0.4, 0.5) is 0 Å². The molecule has 0 unspecified atom stereocenters. The molecule has 6 nitrogen and oxygen atoms in total. The second-order valence-electron chi connectivity index (χ2n) is 1.18. The van der Waals surface area contributed by atoms with Crippen molar-refractivity contribution in [3.8, 4) is 6.01 Å². The van der Waals surface area contributed by atoms with E-state index in [1.165, 1.54) is 4.80 Å². The number of aryl methyl sites for hydroxylation is 1. The molecule has 1 heterocycles. The predicted molar refractivity (Wildman–Crippen MR) is 23.6 cm³/mol. The molecule has 0 fully saturated rings. The van der Waals surface area contributed by atoms with Crippen LogP contribution in [0, 0.1) is 0 Å². The summed E-state index contributed by atoms with van der Waals surface area (Å²) in [6.45, 7) is 0. The first-order valence-corrected chi connectivity index (χ1v) is 1.93. The van der Waals surface area contributed by atoms with E-state index in [0.717, 1.165) is 0 Å². The molecule has 2 N–H and O–H groups in total. The number of rotatable bonds is 1. The molecule has 0 aliphatic heterocycles. The minimum atomic E-state index is 0.0764. The van der Waals surface area contributed by atoms with Crippen molar-refractivity contribution < 1.29 is 4.84 Å². The maximum atomic E-state index is 4.68. The lowest BCUT2D eigenvalue weighted by atomic mass is 11.2. The molecule has 0 aliphatic rings. The highest BCUT2D eigenvalue weighted by atomic mass is 16.6. The van der Waals surface area contributed by atoms with Gasteiger partial charge in [-0.25, -0.2) is 0 Å². The Balaban J connectivity index is 2.84. The molecular formula is C2H5N5O. The van der Waals surface area contributed by atoms with Gasteiger partial charge in [0.2, 0.25) is 0 Å². The monoisotopic (exact) mass is 115 g/mol. The molecule has 1 rings (SSSR count). The summed E-state index contributed by atoms with van der Waals surface area (Å²) < 4.78 is 0. The average molecular weight is 115 g/mol. The fraction of sp³-hybridized carbons (Fsp3) is 0.500. The van der Waals surface area contributed by atoms with Crippen molar-refractivity contribution in [1.29, 1.82) is 0 Å². The molecule has 0 saturated heterocycles. The van der Waals surface area contributed by atoms with E-state index >= 15 is 0 Å². The molecular weight excluding hydrogens is 110 g/mol. The van der Waals surface area contributed by atoms with Crippen molar-refractivity contribution >= 4 is 0 Å². The van der Waals surface area contributed by atoms with E-state index in [4.69, 9.17) is 0 Å². The zero-order chi connectivity index (χ0) is 5.98. The standard InChI is InChI=1S/C2H5N5O/c1-7-5-2(8-3)4-6-7/h3H2,1H3. The van der Waals surface area contributed by atoms with Crippen molar-refractivity contribution in [2.24, 2.45) is 12.9 Å². The molecule has 0 aromatic carbocycles. The first kappa shape index (κ1) is 4.98. The van der Waals surface area contributed by atoms with Crippen LogP contribution in [0.5, 0.6) is 6.01 Å². The van der Waals surface area contributed by atoms with E-state index < -0.39 is 0 Å². The van der Waals surface area contributed by atoms with Crippen molar-refractivity contribution in [2.45, 2.75) is 0 Å². The third kappa shape index (κ3) is 0.733. The Bertz CT molecular complexity index is 171. The van der Waals surface area contributed by atoms with E-state index in [-0.39, 0.29) is 6.01 Å². The Morgan fingerprint density at radius 3 is 2.75 bits per heavy atom. The molecule has 8 heavy (non-hydrogen) atoms. The molecule has 1 aromatic rings. The summed E-state index contributed by atoms with van der Waals surface area (Å²) in [6.07, 6.45) is 0. The van der Waals surface area contributed by atoms with E-state index in [1.807, 2.05) is 0 Å². The summed E-state index contributed by atoms with van der Waals surface area (Å²) in [5.41, 5.74) is 0. The van der Waals surface area contributed by atoms with E-state index in [9.17, 15) is 0 Å². The van der Waals surface area contributed by atoms with Crippen LogP contribution in [0.1, 0.15) is 0 Å². The molecule has 0 amide bonds. The van der Waals surface area contributed by atoms with Crippen LogP contribution in [0.15, 0.2) is 0 Å². The molecule has 1 aromatic heterocycles. The number of nitrogens with two attached hydrogens (primary N) is 1. The van der Waals surface area contributed by atoms with Gasteiger partial charge >= 0.3 is 6.01 Å². The SMILES string of the molecule is Cn1nnc(ON)n1. The van der Waals surface area contributed by atoms with Gasteiger partial charge in [-0.05, 0) is 5.21 Å². The van der Waals surface area contributed by atoms with Crippen molar-refractivity contribution in [1.82, 2.24) is 20.2 Å². The topological polar surface area (TPSA) is 78.8 Å². The lowest BCUT2D eigenvalue weighted by molar-refractivity contribution is 0.305. The van der Waals surface area contributed by atoms with Gasteiger partial charge in [0, 0.05) is 0 Å². The van der Waals surface area contributed by atoms with Crippen LogP contribution in [0.2, 0.25) is 0 Å². The molecule has 0 radical (unpaired) electrons. The highest BCUT2D eigenvalue weighted by molar-refractivity contribution is 4.79. The third-order valence-electron chi connectivity index (χ3n) is 0.595. The smallest absolute Gasteiger partial charge is 0.369 e. The Morgan fingerprint density at radius 2 is 2.50 bits per heavy atom. The Kier molecular flexibility index (Phi) is 1.09. The number of hydrogen-bond acceptors (Lipinski definition) is 5. The zero-order valence-corrected chi connectivity index (χ0v) is 4.27. The Hall–Kier alpha value is -1.17. The van der Waals surface area contributed by atoms with E-state index in [0.29, 0.717) is 0 Å². The average Bonchev–Trinajstić information content (AvgIpc) is 2.14. The van der Waals surface area contributed by atoms with Crippen molar-refractivity contribution in [2.75, 3.05) is 0 Å². The summed E-state index contributed by atoms with van der Waals surface area (Å²) >= 11 is 0. The fourth-order valence-electron chi connectivity index (χ4n) is 0.314. The van der Waals surface area contributed by atoms with Gasteiger partial charge in [0.15, 0.2) is 0 Å². The van der Waals surface area contributed by atoms with Crippen LogP contribution in [-0.4, -0.2) is 20.2 Å². The summed E-state index contributed by atoms with van der Waals surface area (Å²) in [5.74, 6) is 4.68. The highest BCUT2D eigenvalue weighted by Gasteiger charge is 1.94. The Morgan fingerprint density at radius 1 is 1.75 bits per heavy atom. The second kappa shape index (κ2) is 1.74. The molecule has 0 atom stereocenters. The van der Waals surface area contributed by atoms with E-state index in [1.54, 1.807) is 7.05 Å². The third-order valence-corrected chi connectivity index (χ3v) is 0.595. The molecule has 0 bridgehead atoms. The summed E-state index contributed by atoms with van der Waals surface area (Å²) in [4.78, 5) is 5.38. The van der Waals surface area contributed by atoms with Gasteiger partial charge < -0.3 is 4.84 Å². The summed E-state index contributed by atoms with van der Waals surface area (Å²) in [6, 6.07) is 0.0764. The second-order valence-corrected chi connectivity index (χ2v) is 1.18. The quantitative estimate of drug-likeness (QED) is 0.449. The Labute approximate surface area is 45.2 Å². The number of tetrazole rings is 1. The summed E-state index contributed by atoms with van der Waals surface area (Å²) in [5, 5.41) is 10.4. The molecule has 6 heteroatoms. The lowest BCUT2D eigenvalue weighted by Gasteiger charge is -1.81. The van der Waals surface area contributed by atoms with Crippen LogP contribution < -0.4 is 10.7 Å². The minimum Gasteiger partial charge on any atom is -0.369 e. The fourth-order valence-corrected chi connectivity index (χ4v) is 0.314. The largest absolute Gasteiger partial charge is 0.375 e. The van der Waals surface area contributed by atoms with Crippen LogP contribution >= 0.6 is 0 Å². The first-order chi connectivity index (χ1) is 3.83. The number of nitrogens with zero attached hydrogens (tertiary/aromatic N) is 4. The van der Waals surface area contributed by atoms with Gasteiger partial charge in [-0.1, -0.05) is 10.2 Å². The molecule has 44 valence electrons. The van der Waals surface area contributed by atoms with Crippen molar-refractivity contribution in [3.05, 3.63) is 0 Å². The number of aromatic nitrogens is 4. The van der Waals surface area contributed by atoms with Crippen LogP contribution in [0.25, 0.3) is 0 Å². The predicted octanol–water partition coefficient (Wildman–Crippen LogP) is -1.54. The first-order valence-electron chi connectivity index (χ1n) is 1.93. The molecule has 0 aliphatic carbocycles. The van der Waals surface area contributed by atoms with Gasteiger partial charge in [-0.3, -0.25) is 0 Å². The van der Waals surface area contributed by atoms with Crippen LogP contribution in [0.3, 0.4) is 0 Å². The lowest BCUT2D eigenvalue weighted by Crippen LogP contribution is -2.03. The van der Waals surface area contributed by atoms with Crippen LogP contribution in [-0.2, 0) is 7.05 Å². The van der Waals surface area contributed by atoms with Gasteiger partial charge in [0.05, 0.1) is 7.05 Å². The molecule has 0 spiro atoms.